The molecule has 2 aliphatic rings. The molecule has 0 aliphatic carbocycles. The number of nitrogens with zero attached hydrogens (tertiary/aromatic N) is 6. The van der Waals surface area contributed by atoms with Crippen LogP contribution in [0.15, 0.2) is 35.4 Å². The van der Waals surface area contributed by atoms with Crippen molar-refractivity contribution in [3.05, 3.63) is 57.9 Å². The van der Waals surface area contributed by atoms with Gasteiger partial charge in [0.05, 0.1) is 0 Å². The molecule has 2 aromatic heterocycles. The zero-order valence-electron chi connectivity index (χ0n) is 20.2. The lowest BCUT2D eigenvalue weighted by Gasteiger charge is -2.40. The molecule has 8 heteroatoms. The van der Waals surface area contributed by atoms with Gasteiger partial charge in [-0.1, -0.05) is 12.5 Å². The van der Waals surface area contributed by atoms with E-state index in [1.54, 1.807) is 15.2 Å². The van der Waals surface area contributed by atoms with Crippen molar-refractivity contribution in [2.45, 2.75) is 64.8 Å². The van der Waals surface area contributed by atoms with E-state index in [4.69, 9.17) is 0 Å². The summed E-state index contributed by atoms with van der Waals surface area (Å²) >= 11 is 0. The summed E-state index contributed by atoms with van der Waals surface area (Å²) in [5.74, 6) is 0.814. The van der Waals surface area contributed by atoms with E-state index in [1.165, 1.54) is 32.4 Å². The summed E-state index contributed by atoms with van der Waals surface area (Å²) in [6, 6.07) is 6.67. The van der Waals surface area contributed by atoms with E-state index >= 15 is 0 Å². The molecule has 2 aliphatic heterocycles. The minimum Gasteiger partial charge on any atom is -0.343 e. The van der Waals surface area contributed by atoms with Gasteiger partial charge in [-0.25, -0.2) is 0 Å². The molecular weight excluding hydrogens is 428 g/mol. The summed E-state index contributed by atoms with van der Waals surface area (Å²) in [6.45, 7) is 8.13. The number of aromatic nitrogens is 4. The van der Waals surface area contributed by atoms with Crippen LogP contribution in [0.3, 0.4) is 0 Å². The van der Waals surface area contributed by atoms with Crippen molar-refractivity contribution in [2.24, 2.45) is 0 Å². The van der Waals surface area contributed by atoms with Crippen LogP contribution in [0.4, 0.5) is 0 Å². The predicted octanol–water partition coefficient (Wildman–Crippen LogP) is 2.91. The first kappa shape index (κ1) is 22.8. The Labute approximate surface area is 200 Å². The largest absolute Gasteiger partial charge is 0.343 e. The van der Waals surface area contributed by atoms with Gasteiger partial charge in [0.25, 0.3) is 0 Å². The Kier molecular flexibility index (Phi) is 6.50. The number of hydrogen-bond acceptors (Lipinski definition) is 5. The van der Waals surface area contributed by atoms with Crippen LogP contribution in [-0.4, -0.2) is 67.1 Å². The molecule has 0 atom stereocenters. The summed E-state index contributed by atoms with van der Waals surface area (Å²) in [5.41, 5.74) is 3.09. The molecule has 0 spiro atoms. The van der Waals surface area contributed by atoms with Gasteiger partial charge in [0.15, 0.2) is 0 Å². The lowest BCUT2D eigenvalue weighted by atomic mass is 9.99. The minimum absolute atomic E-state index is 0.164. The van der Waals surface area contributed by atoms with E-state index in [0.29, 0.717) is 24.7 Å². The van der Waals surface area contributed by atoms with Gasteiger partial charge in [0, 0.05) is 50.1 Å². The second kappa shape index (κ2) is 9.70. The number of aryl methyl sites for hydroxylation is 3. The third-order valence-corrected chi connectivity index (χ3v) is 7.31. The number of carbonyl (C=O) groups excluding carboxylic acids is 1. The zero-order valence-corrected chi connectivity index (χ0v) is 20.2. The molecule has 0 saturated carbocycles. The third kappa shape index (κ3) is 4.64. The number of likely N-dealkylation sites (tertiary alicyclic amines) is 2. The second-order valence-corrected chi connectivity index (χ2v) is 9.84. The number of fused-ring (bicyclic) bond motifs is 1. The quantitative estimate of drug-likeness (QED) is 0.583. The van der Waals surface area contributed by atoms with E-state index in [2.05, 4.69) is 21.2 Å². The van der Waals surface area contributed by atoms with Crippen LogP contribution in [-0.2, 0) is 11.2 Å². The second-order valence-electron chi connectivity index (χ2n) is 9.84. The van der Waals surface area contributed by atoms with Crippen molar-refractivity contribution in [1.82, 2.24) is 29.0 Å². The van der Waals surface area contributed by atoms with Gasteiger partial charge in [0.2, 0.25) is 11.6 Å². The highest BCUT2D eigenvalue weighted by Gasteiger charge is 2.27. The Balaban J connectivity index is 1.23. The normalized spacial score (nSPS) is 18.0. The summed E-state index contributed by atoms with van der Waals surface area (Å²) in [5, 5.41) is 8.39. The molecule has 0 radical (unpaired) electrons. The van der Waals surface area contributed by atoms with Crippen LogP contribution < -0.4 is 5.56 Å². The number of piperidine rings is 2. The molecule has 34 heavy (non-hydrogen) atoms. The molecular formula is C26H34N6O2. The van der Waals surface area contributed by atoms with E-state index in [9.17, 15) is 9.59 Å². The Morgan fingerprint density at radius 1 is 0.941 bits per heavy atom. The van der Waals surface area contributed by atoms with Crippen molar-refractivity contribution >= 4 is 11.6 Å². The summed E-state index contributed by atoms with van der Waals surface area (Å²) in [4.78, 5) is 30.6. The highest BCUT2D eigenvalue weighted by atomic mass is 16.2. The highest BCUT2D eigenvalue weighted by Crippen LogP contribution is 2.21. The summed E-state index contributed by atoms with van der Waals surface area (Å²) in [7, 11) is 0. The molecule has 2 fully saturated rings. The fraction of sp³-hybridized carbons (Fsp3) is 0.538. The van der Waals surface area contributed by atoms with Crippen LogP contribution in [0, 0.1) is 13.8 Å². The van der Waals surface area contributed by atoms with Crippen molar-refractivity contribution in [3.63, 3.8) is 0 Å². The predicted molar refractivity (Wildman–Crippen MR) is 131 cm³/mol. The van der Waals surface area contributed by atoms with Gasteiger partial charge >= 0.3 is 5.56 Å². The number of amides is 1. The lowest BCUT2D eigenvalue weighted by Crippen LogP contribution is -2.48. The Hall–Kier alpha value is -3.00. The van der Waals surface area contributed by atoms with E-state index in [0.717, 1.165) is 42.7 Å². The molecule has 1 aromatic carbocycles. The van der Waals surface area contributed by atoms with Gasteiger partial charge in [-0.3, -0.25) is 18.6 Å². The van der Waals surface area contributed by atoms with E-state index in [-0.39, 0.29) is 17.1 Å². The van der Waals surface area contributed by atoms with E-state index < -0.39 is 0 Å². The molecule has 8 nitrogen and oxygen atoms in total. The van der Waals surface area contributed by atoms with Crippen molar-refractivity contribution in [1.29, 1.82) is 0 Å². The average molecular weight is 463 g/mol. The molecule has 0 N–H and O–H groups in total. The zero-order chi connectivity index (χ0) is 23.7. The maximum Gasteiger partial charge on any atom is 0.300 e. The van der Waals surface area contributed by atoms with Gasteiger partial charge in [-0.05, 0) is 75.9 Å². The number of hydrogen-bond donors (Lipinski definition) is 0. The summed E-state index contributed by atoms with van der Waals surface area (Å²) in [6.07, 6.45) is 10.5. The van der Waals surface area contributed by atoms with Crippen molar-refractivity contribution in [2.75, 3.05) is 26.2 Å². The van der Waals surface area contributed by atoms with Crippen LogP contribution in [0.25, 0.3) is 11.3 Å². The Morgan fingerprint density at radius 3 is 2.35 bits per heavy atom. The maximum absolute atomic E-state index is 13.1. The molecule has 0 unspecified atom stereocenters. The molecule has 1 amide bonds. The highest BCUT2D eigenvalue weighted by molar-refractivity contribution is 5.76. The van der Waals surface area contributed by atoms with Gasteiger partial charge in [0.1, 0.15) is 5.82 Å². The molecule has 4 heterocycles. The number of rotatable bonds is 5. The SMILES string of the molecule is Cc1cc(C)cc(-n2ccn3c(CCC(=O)N4CCC(N5CCCCC5)CC4)nnc3c2=O)c1. The molecule has 180 valence electrons. The number of carbonyl (C=O) groups is 1. The average Bonchev–Trinajstić information content (AvgIpc) is 3.27. The van der Waals surface area contributed by atoms with Gasteiger partial charge < -0.3 is 9.80 Å². The first-order valence-corrected chi connectivity index (χ1v) is 12.6. The third-order valence-electron chi connectivity index (χ3n) is 7.31. The smallest absolute Gasteiger partial charge is 0.300 e. The standard InChI is InChI=1S/C26H34N6O2/c1-19-16-20(2)18-22(17-19)31-14-15-32-23(27-28-25(32)26(31)34)6-7-24(33)30-12-8-21(9-13-30)29-10-4-3-5-11-29/h14-18,21H,3-13H2,1-2H3. The van der Waals surface area contributed by atoms with Crippen molar-refractivity contribution < 1.29 is 4.79 Å². The number of benzene rings is 1. The Morgan fingerprint density at radius 2 is 1.65 bits per heavy atom. The van der Waals surface area contributed by atoms with Crippen LogP contribution in [0.2, 0.25) is 0 Å². The fourth-order valence-corrected chi connectivity index (χ4v) is 5.54. The molecule has 2 saturated heterocycles. The first-order valence-electron chi connectivity index (χ1n) is 12.6. The lowest BCUT2D eigenvalue weighted by molar-refractivity contribution is -0.132. The maximum atomic E-state index is 13.1. The van der Waals surface area contributed by atoms with E-state index in [1.807, 2.05) is 37.1 Å². The van der Waals surface area contributed by atoms with Crippen LogP contribution >= 0.6 is 0 Å². The van der Waals surface area contributed by atoms with Gasteiger partial charge in [-0.15, -0.1) is 10.2 Å². The first-order chi connectivity index (χ1) is 16.5. The van der Waals surface area contributed by atoms with Crippen LogP contribution in [0.5, 0.6) is 0 Å². The summed E-state index contributed by atoms with van der Waals surface area (Å²) < 4.78 is 3.32. The molecule has 5 rings (SSSR count). The van der Waals surface area contributed by atoms with Crippen LogP contribution in [0.1, 0.15) is 55.5 Å². The minimum atomic E-state index is -0.211. The Bertz CT molecular complexity index is 1210. The molecule has 0 bridgehead atoms. The van der Waals surface area contributed by atoms with Gasteiger partial charge in [-0.2, -0.15) is 0 Å². The molecule has 3 aromatic rings. The topological polar surface area (TPSA) is 75.7 Å². The fourth-order valence-electron chi connectivity index (χ4n) is 5.54. The monoisotopic (exact) mass is 462 g/mol. The van der Waals surface area contributed by atoms with Crippen molar-refractivity contribution in [3.8, 4) is 5.69 Å².